The summed E-state index contributed by atoms with van der Waals surface area (Å²) >= 11 is 0. The van der Waals surface area contributed by atoms with Crippen LogP contribution in [0.15, 0.2) is 79.5 Å². The van der Waals surface area contributed by atoms with E-state index in [4.69, 9.17) is 14.2 Å². The molecule has 0 spiro atoms. The number of aromatic nitrogens is 4. The summed E-state index contributed by atoms with van der Waals surface area (Å²) in [6.07, 6.45) is 6.05. The molecule has 1 atom stereocenters. The molecule has 3 aromatic heterocycles. The zero-order valence-electron chi connectivity index (χ0n) is 19.1. The van der Waals surface area contributed by atoms with Gasteiger partial charge in [0.1, 0.15) is 23.9 Å². The van der Waals surface area contributed by atoms with E-state index in [2.05, 4.69) is 19.9 Å². The number of rotatable bonds is 6. The molecule has 1 aromatic carbocycles. The molecule has 4 aromatic rings. The van der Waals surface area contributed by atoms with Gasteiger partial charge in [0.15, 0.2) is 0 Å². The number of carbonyl (C=O) groups is 1. The zero-order chi connectivity index (χ0) is 24.0. The minimum Gasteiger partial charge on any atom is -0.497 e. The van der Waals surface area contributed by atoms with Crippen LogP contribution in [0.2, 0.25) is 0 Å². The minimum absolute atomic E-state index is 0.104. The van der Waals surface area contributed by atoms with Crippen LogP contribution in [0.3, 0.4) is 0 Å². The van der Waals surface area contributed by atoms with Crippen molar-refractivity contribution < 1.29 is 19.0 Å². The molecule has 0 saturated carbocycles. The Balaban J connectivity index is 1.26. The Labute approximate surface area is 202 Å². The lowest BCUT2D eigenvalue weighted by Gasteiger charge is -2.32. The Kier molecular flexibility index (Phi) is 6.58. The molecule has 0 radical (unpaired) electrons. The average Bonchev–Trinajstić information content (AvgIpc) is 2.94. The molecule has 5 rings (SSSR count). The topological polar surface area (TPSA) is 99.6 Å². The van der Waals surface area contributed by atoms with Crippen LogP contribution < -0.4 is 9.47 Å². The van der Waals surface area contributed by atoms with Crippen molar-refractivity contribution in [1.29, 1.82) is 0 Å². The fourth-order valence-corrected chi connectivity index (χ4v) is 3.75. The molecule has 1 fully saturated rings. The van der Waals surface area contributed by atoms with Gasteiger partial charge >= 0.3 is 0 Å². The molecular formula is C26H23N5O4. The first-order valence-corrected chi connectivity index (χ1v) is 11.1. The number of amides is 1. The van der Waals surface area contributed by atoms with Crippen LogP contribution in [0.1, 0.15) is 22.2 Å². The number of ether oxygens (including phenoxy) is 3. The van der Waals surface area contributed by atoms with Gasteiger partial charge in [0.05, 0.1) is 37.2 Å². The highest BCUT2D eigenvalue weighted by Crippen LogP contribution is 2.27. The third kappa shape index (κ3) is 5.25. The molecule has 1 saturated heterocycles. The lowest BCUT2D eigenvalue weighted by molar-refractivity contribution is -0.0248. The van der Waals surface area contributed by atoms with Gasteiger partial charge in [0, 0.05) is 36.8 Å². The first-order valence-electron chi connectivity index (χ1n) is 11.1. The molecule has 0 N–H and O–H groups in total. The fraction of sp³-hybridized carbons (Fsp3) is 0.192. The van der Waals surface area contributed by atoms with Crippen molar-refractivity contribution in [3.8, 4) is 28.6 Å². The van der Waals surface area contributed by atoms with E-state index in [-0.39, 0.29) is 12.0 Å². The van der Waals surface area contributed by atoms with Crippen LogP contribution >= 0.6 is 0 Å². The van der Waals surface area contributed by atoms with Crippen molar-refractivity contribution in [3.63, 3.8) is 0 Å². The van der Waals surface area contributed by atoms with E-state index in [1.54, 1.807) is 48.8 Å². The molecule has 0 aliphatic carbocycles. The molecule has 9 nitrogen and oxygen atoms in total. The maximum atomic E-state index is 13.1. The number of methoxy groups -OCH3 is 1. The molecule has 0 unspecified atom stereocenters. The van der Waals surface area contributed by atoms with E-state index in [0.717, 1.165) is 11.3 Å². The highest BCUT2D eigenvalue weighted by Gasteiger charge is 2.27. The minimum atomic E-state index is -0.360. The third-order valence-corrected chi connectivity index (χ3v) is 5.58. The van der Waals surface area contributed by atoms with Crippen molar-refractivity contribution in [1.82, 2.24) is 24.8 Å². The summed E-state index contributed by atoms with van der Waals surface area (Å²) in [7, 11) is 1.62. The van der Waals surface area contributed by atoms with Crippen LogP contribution in [0.4, 0.5) is 0 Å². The van der Waals surface area contributed by atoms with Gasteiger partial charge in [-0.05, 0) is 42.5 Å². The van der Waals surface area contributed by atoms with E-state index < -0.39 is 0 Å². The maximum Gasteiger partial charge on any atom is 0.255 e. The van der Waals surface area contributed by atoms with Gasteiger partial charge in [-0.25, -0.2) is 15.0 Å². The fourth-order valence-electron chi connectivity index (χ4n) is 3.75. The van der Waals surface area contributed by atoms with Gasteiger partial charge in [-0.2, -0.15) is 0 Å². The number of hydrogen-bond acceptors (Lipinski definition) is 8. The molecule has 35 heavy (non-hydrogen) atoms. The Bertz CT molecular complexity index is 1280. The zero-order valence-corrected chi connectivity index (χ0v) is 19.1. The molecular weight excluding hydrogens is 446 g/mol. The number of carbonyl (C=O) groups excluding carboxylic acids is 1. The molecule has 176 valence electrons. The Morgan fingerprint density at radius 2 is 1.80 bits per heavy atom. The van der Waals surface area contributed by atoms with Gasteiger partial charge in [0.25, 0.3) is 5.91 Å². The normalized spacial score (nSPS) is 15.5. The number of pyridine rings is 2. The maximum absolute atomic E-state index is 13.1. The summed E-state index contributed by atoms with van der Waals surface area (Å²) in [5, 5.41) is 0. The summed E-state index contributed by atoms with van der Waals surface area (Å²) in [6.45, 7) is 1.28. The predicted octanol–water partition coefficient (Wildman–Crippen LogP) is 3.95. The lowest BCUT2D eigenvalue weighted by Crippen LogP contribution is -2.42. The van der Waals surface area contributed by atoms with E-state index >= 15 is 0 Å². The standard InChI is InChI=1S/C26H23N5O4/c1-33-20-6-8-21(9-7-20)35-25-4-2-3-23(30-25)24-16-31(11-12-34-24)26(32)18-5-10-22(29-15-18)19-13-27-17-28-14-19/h2-10,13-15,17,24H,11-12,16H2,1H3/t24-/m1/s1. The molecule has 0 bridgehead atoms. The van der Waals surface area contributed by atoms with Gasteiger partial charge in [0.2, 0.25) is 5.88 Å². The molecule has 1 amide bonds. The van der Waals surface area contributed by atoms with Crippen LogP contribution in [0.5, 0.6) is 17.4 Å². The van der Waals surface area contributed by atoms with E-state index in [1.165, 1.54) is 6.33 Å². The molecule has 1 aliphatic heterocycles. The van der Waals surface area contributed by atoms with Crippen molar-refractivity contribution in [2.75, 3.05) is 26.8 Å². The second-order valence-corrected chi connectivity index (χ2v) is 7.85. The SMILES string of the molecule is COc1ccc(Oc2cccc([C@H]3CN(C(=O)c4ccc(-c5cncnc5)nc4)CCO3)n2)cc1. The lowest BCUT2D eigenvalue weighted by atomic mass is 10.1. The number of hydrogen-bond donors (Lipinski definition) is 0. The first-order chi connectivity index (χ1) is 17.2. The van der Waals surface area contributed by atoms with Crippen LogP contribution in [-0.4, -0.2) is 57.5 Å². The van der Waals surface area contributed by atoms with E-state index in [1.807, 2.05) is 36.4 Å². The quantitative estimate of drug-likeness (QED) is 0.419. The predicted molar refractivity (Wildman–Crippen MR) is 127 cm³/mol. The van der Waals surface area contributed by atoms with Gasteiger partial charge in [-0.15, -0.1) is 0 Å². The second kappa shape index (κ2) is 10.3. The number of benzene rings is 1. The summed E-state index contributed by atoms with van der Waals surface area (Å²) < 4.78 is 17.0. The van der Waals surface area contributed by atoms with Gasteiger partial charge in [-0.3, -0.25) is 9.78 Å². The van der Waals surface area contributed by atoms with Crippen LogP contribution in [0, 0.1) is 0 Å². The smallest absolute Gasteiger partial charge is 0.255 e. The molecule has 4 heterocycles. The summed E-state index contributed by atoms with van der Waals surface area (Å²) in [5.74, 6) is 1.74. The Morgan fingerprint density at radius 1 is 1.00 bits per heavy atom. The first kappa shape index (κ1) is 22.4. The van der Waals surface area contributed by atoms with Gasteiger partial charge in [-0.1, -0.05) is 6.07 Å². The second-order valence-electron chi connectivity index (χ2n) is 7.85. The summed E-state index contributed by atoms with van der Waals surface area (Å²) in [6, 6.07) is 16.4. The van der Waals surface area contributed by atoms with E-state index in [9.17, 15) is 4.79 Å². The molecule has 9 heteroatoms. The highest BCUT2D eigenvalue weighted by molar-refractivity contribution is 5.94. The Hall–Kier alpha value is -4.37. The van der Waals surface area contributed by atoms with Crippen molar-refractivity contribution in [2.24, 2.45) is 0 Å². The molecule has 1 aliphatic rings. The Morgan fingerprint density at radius 3 is 2.54 bits per heavy atom. The van der Waals surface area contributed by atoms with Crippen molar-refractivity contribution >= 4 is 5.91 Å². The van der Waals surface area contributed by atoms with Crippen LogP contribution in [0.25, 0.3) is 11.3 Å². The number of morpholine rings is 1. The summed E-state index contributed by atoms with van der Waals surface area (Å²) in [4.78, 5) is 31.9. The third-order valence-electron chi connectivity index (χ3n) is 5.58. The van der Waals surface area contributed by atoms with Gasteiger partial charge < -0.3 is 19.1 Å². The van der Waals surface area contributed by atoms with Crippen molar-refractivity contribution in [2.45, 2.75) is 6.10 Å². The largest absolute Gasteiger partial charge is 0.497 e. The van der Waals surface area contributed by atoms with Crippen LogP contribution in [-0.2, 0) is 4.74 Å². The monoisotopic (exact) mass is 469 g/mol. The number of nitrogens with zero attached hydrogens (tertiary/aromatic N) is 5. The van der Waals surface area contributed by atoms with E-state index in [0.29, 0.717) is 48.3 Å². The summed E-state index contributed by atoms with van der Waals surface area (Å²) in [5.41, 5.74) is 2.71. The average molecular weight is 470 g/mol. The van der Waals surface area contributed by atoms with Crippen molar-refractivity contribution in [3.05, 3.63) is 90.8 Å². The highest BCUT2D eigenvalue weighted by atomic mass is 16.5.